The highest BCUT2D eigenvalue weighted by molar-refractivity contribution is 6.33. The number of esters is 1. The summed E-state index contributed by atoms with van der Waals surface area (Å²) in [6, 6.07) is 3.97. The second-order valence-electron chi connectivity index (χ2n) is 3.99. The van der Waals surface area contributed by atoms with Gasteiger partial charge in [0.15, 0.2) is 12.4 Å². The minimum Gasteiger partial charge on any atom is -0.454 e. The molecule has 20 heavy (non-hydrogen) atoms. The van der Waals surface area contributed by atoms with Crippen molar-refractivity contribution in [1.29, 1.82) is 0 Å². The van der Waals surface area contributed by atoms with Crippen LogP contribution in [0, 0.1) is 5.82 Å². The average molecular weight is 299 g/mol. The molecule has 0 fully saturated rings. The van der Waals surface area contributed by atoms with Gasteiger partial charge in [-0.2, -0.15) is 0 Å². The molecule has 106 valence electrons. The minimum absolute atomic E-state index is 0.00292. The minimum atomic E-state index is -0.848. The Morgan fingerprint density at radius 3 is 3.00 bits per heavy atom. The number of nitrogens with zero attached hydrogens (tertiary/aromatic N) is 4. The Hall–Kier alpha value is -2.02. The van der Waals surface area contributed by atoms with E-state index in [4.69, 9.17) is 16.3 Å². The quantitative estimate of drug-likeness (QED) is 0.792. The number of ether oxygens (including phenoxy) is 1. The zero-order valence-electron chi connectivity index (χ0n) is 10.7. The first-order chi connectivity index (χ1) is 9.63. The molecule has 0 saturated heterocycles. The third-order valence-electron chi connectivity index (χ3n) is 2.54. The molecule has 2 rings (SSSR count). The number of benzene rings is 1. The van der Waals surface area contributed by atoms with E-state index in [-0.39, 0.29) is 17.2 Å². The second kappa shape index (κ2) is 6.42. The van der Waals surface area contributed by atoms with Gasteiger partial charge in [0.05, 0.1) is 5.02 Å². The standard InChI is InChI=1S/C12H12ClFN4O2/c1-2-6-18-10(15-16-17-18)7-20-12(19)11-8(13)4-3-5-9(11)14/h3-5H,2,6-7H2,1H3. The van der Waals surface area contributed by atoms with Crippen molar-refractivity contribution in [3.05, 3.63) is 40.4 Å². The Bertz CT molecular complexity index is 597. The van der Waals surface area contributed by atoms with E-state index >= 15 is 0 Å². The molecule has 0 spiro atoms. The summed E-state index contributed by atoms with van der Waals surface area (Å²) in [6.07, 6.45) is 0.838. The molecule has 0 aliphatic carbocycles. The molecule has 1 aromatic carbocycles. The van der Waals surface area contributed by atoms with Gasteiger partial charge in [-0.15, -0.1) is 5.10 Å². The number of rotatable bonds is 5. The summed E-state index contributed by atoms with van der Waals surface area (Å²) < 4.78 is 20.1. The second-order valence-corrected chi connectivity index (χ2v) is 4.40. The van der Waals surface area contributed by atoms with E-state index in [0.717, 1.165) is 12.5 Å². The highest BCUT2D eigenvalue weighted by Gasteiger charge is 2.18. The van der Waals surface area contributed by atoms with Crippen LogP contribution < -0.4 is 0 Å². The van der Waals surface area contributed by atoms with Gasteiger partial charge in [0, 0.05) is 6.54 Å². The van der Waals surface area contributed by atoms with Crippen molar-refractivity contribution in [2.75, 3.05) is 0 Å². The fourth-order valence-electron chi connectivity index (χ4n) is 1.61. The van der Waals surface area contributed by atoms with Crippen LogP contribution in [-0.4, -0.2) is 26.2 Å². The van der Waals surface area contributed by atoms with Crippen LogP contribution in [0.1, 0.15) is 29.5 Å². The van der Waals surface area contributed by atoms with Gasteiger partial charge in [0.25, 0.3) is 0 Å². The summed E-state index contributed by atoms with van der Waals surface area (Å²) in [7, 11) is 0. The summed E-state index contributed by atoms with van der Waals surface area (Å²) in [5, 5.41) is 11.0. The number of tetrazole rings is 1. The van der Waals surface area contributed by atoms with Gasteiger partial charge in [0.1, 0.15) is 11.4 Å². The van der Waals surface area contributed by atoms with Gasteiger partial charge in [-0.1, -0.05) is 24.6 Å². The number of hydrogen-bond donors (Lipinski definition) is 0. The number of aromatic nitrogens is 4. The molecule has 8 heteroatoms. The SMILES string of the molecule is CCCn1nnnc1COC(=O)c1c(F)cccc1Cl. The van der Waals surface area contributed by atoms with Crippen molar-refractivity contribution >= 4 is 17.6 Å². The zero-order valence-corrected chi connectivity index (χ0v) is 11.5. The fourth-order valence-corrected chi connectivity index (χ4v) is 1.85. The smallest absolute Gasteiger partial charge is 0.343 e. The predicted molar refractivity (Wildman–Crippen MR) is 68.6 cm³/mol. The molecule has 1 heterocycles. The first-order valence-corrected chi connectivity index (χ1v) is 6.37. The Labute approximate surface area is 119 Å². The lowest BCUT2D eigenvalue weighted by Crippen LogP contribution is -2.12. The molecule has 0 aliphatic rings. The molecule has 0 radical (unpaired) electrons. The van der Waals surface area contributed by atoms with Crippen molar-refractivity contribution < 1.29 is 13.9 Å². The number of carbonyl (C=O) groups excluding carboxylic acids is 1. The van der Waals surface area contributed by atoms with Gasteiger partial charge >= 0.3 is 5.97 Å². The molecular formula is C12H12ClFN4O2. The normalized spacial score (nSPS) is 10.6. The van der Waals surface area contributed by atoms with Crippen LogP contribution >= 0.6 is 11.6 Å². The number of carbonyl (C=O) groups is 1. The van der Waals surface area contributed by atoms with Gasteiger partial charge in [-0.05, 0) is 29.0 Å². The Morgan fingerprint density at radius 2 is 2.30 bits per heavy atom. The van der Waals surface area contributed by atoms with E-state index in [9.17, 15) is 9.18 Å². The molecule has 0 amide bonds. The molecule has 0 atom stereocenters. The summed E-state index contributed by atoms with van der Waals surface area (Å²) in [4.78, 5) is 11.8. The third-order valence-corrected chi connectivity index (χ3v) is 2.86. The van der Waals surface area contributed by atoms with Crippen LogP contribution in [0.2, 0.25) is 5.02 Å². The Balaban J connectivity index is 2.07. The largest absolute Gasteiger partial charge is 0.454 e. The maximum absolute atomic E-state index is 13.5. The lowest BCUT2D eigenvalue weighted by atomic mass is 10.2. The van der Waals surface area contributed by atoms with Crippen molar-refractivity contribution in [1.82, 2.24) is 20.2 Å². The van der Waals surface area contributed by atoms with E-state index in [1.807, 2.05) is 6.92 Å². The molecule has 1 aromatic heterocycles. The van der Waals surface area contributed by atoms with Gasteiger partial charge in [-0.25, -0.2) is 13.9 Å². The molecule has 2 aromatic rings. The topological polar surface area (TPSA) is 69.9 Å². The van der Waals surface area contributed by atoms with Crippen molar-refractivity contribution in [3.63, 3.8) is 0 Å². The highest BCUT2D eigenvalue weighted by atomic mass is 35.5. The van der Waals surface area contributed by atoms with E-state index in [1.54, 1.807) is 0 Å². The van der Waals surface area contributed by atoms with Gasteiger partial charge in [-0.3, -0.25) is 0 Å². The molecule has 0 unspecified atom stereocenters. The zero-order chi connectivity index (χ0) is 14.5. The lowest BCUT2D eigenvalue weighted by Gasteiger charge is -2.07. The third kappa shape index (κ3) is 3.11. The number of hydrogen-bond acceptors (Lipinski definition) is 5. The van der Waals surface area contributed by atoms with Crippen LogP contribution in [0.3, 0.4) is 0 Å². The number of halogens is 2. The number of aryl methyl sites for hydroxylation is 1. The molecule has 0 N–H and O–H groups in total. The van der Waals surface area contributed by atoms with Crippen LogP contribution in [-0.2, 0) is 17.9 Å². The first-order valence-electron chi connectivity index (χ1n) is 5.99. The van der Waals surface area contributed by atoms with E-state index in [2.05, 4.69) is 15.5 Å². The van der Waals surface area contributed by atoms with Crippen molar-refractivity contribution in [3.8, 4) is 0 Å². The van der Waals surface area contributed by atoms with Crippen LogP contribution in [0.15, 0.2) is 18.2 Å². The lowest BCUT2D eigenvalue weighted by molar-refractivity contribution is 0.0451. The maximum atomic E-state index is 13.5. The summed E-state index contributed by atoms with van der Waals surface area (Å²) in [5.41, 5.74) is -0.288. The van der Waals surface area contributed by atoms with Gasteiger partial charge < -0.3 is 4.74 Å². The summed E-state index contributed by atoms with van der Waals surface area (Å²) in [5.74, 6) is -1.18. The summed E-state index contributed by atoms with van der Waals surface area (Å²) in [6.45, 7) is 2.44. The Morgan fingerprint density at radius 1 is 1.50 bits per heavy atom. The molecule has 0 saturated carbocycles. The predicted octanol–water partition coefficient (Wildman–Crippen LogP) is 2.23. The van der Waals surface area contributed by atoms with E-state index in [0.29, 0.717) is 12.4 Å². The van der Waals surface area contributed by atoms with Gasteiger partial charge in [0.2, 0.25) is 0 Å². The molecule has 0 bridgehead atoms. The van der Waals surface area contributed by atoms with Crippen LogP contribution in [0.5, 0.6) is 0 Å². The summed E-state index contributed by atoms with van der Waals surface area (Å²) >= 11 is 5.78. The average Bonchev–Trinajstić information content (AvgIpc) is 2.84. The van der Waals surface area contributed by atoms with Crippen LogP contribution in [0.4, 0.5) is 4.39 Å². The molecule has 6 nitrogen and oxygen atoms in total. The monoisotopic (exact) mass is 298 g/mol. The van der Waals surface area contributed by atoms with E-state index in [1.165, 1.54) is 16.8 Å². The first kappa shape index (κ1) is 14.4. The molecular weight excluding hydrogens is 287 g/mol. The van der Waals surface area contributed by atoms with Crippen LogP contribution in [0.25, 0.3) is 0 Å². The molecule has 0 aliphatic heterocycles. The highest BCUT2D eigenvalue weighted by Crippen LogP contribution is 2.20. The maximum Gasteiger partial charge on any atom is 0.343 e. The Kier molecular flexibility index (Phi) is 4.62. The van der Waals surface area contributed by atoms with E-state index < -0.39 is 11.8 Å². The van der Waals surface area contributed by atoms with Crippen molar-refractivity contribution in [2.45, 2.75) is 26.5 Å². The fraction of sp³-hybridized carbons (Fsp3) is 0.333. The van der Waals surface area contributed by atoms with Crippen molar-refractivity contribution in [2.24, 2.45) is 0 Å².